The lowest BCUT2D eigenvalue weighted by Crippen LogP contribution is -2.47. The Labute approximate surface area is 151 Å². The predicted octanol–water partition coefficient (Wildman–Crippen LogP) is 1.63. The Kier molecular flexibility index (Phi) is 6.36. The topological polar surface area (TPSA) is 40.1 Å². The Morgan fingerprint density at radius 3 is 2.73 bits per heavy atom. The SMILES string of the molecule is CN=C(NCC(C1CC1)N(C)C)N1CCC2(CCOC2)C1.I. The number of nitrogens with one attached hydrogen (secondary N) is 1. The third-order valence-corrected chi connectivity index (χ3v) is 5.43. The first-order valence-electron chi connectivity index (χ1n) is 8.33. The Hall–Kier alpha value is -0.0800. The quantitative estimate of drug-likeness (QED) is 0.425. The monoisotopic (exact) mass is 422 g/mol. The second kappa shape index (κ2) is 7.66. The average Bonchev–Trinajstić information content (AvgIpc) is 3.06. The molecule has 0 aromatic rings. The van der Waals surface area contributed by atoms with Crippen molar-refractivity contribution in [3.05, 3.63) is 0 Å². The number of hydrogen-bond acceptors (Lipinski definition) is 3. The maximum atomic E-state index is 5.62. The number of nitrogens with zero attached hydrogens (tertiary/aromatic N) is 3. The van der Waals surface area contributed by atoms with Gasteiger partial charge in [0.15, 0.2) is 5.96 Å². The third-order valence-electron chi connectivity index (χ3n) is 5.43. The number of likely N-dealkylation sites (tertiary alicyclic amines) is 1. The summed E-state index contributed by atoms with van der Waals surface area (Å²) < 4.78 is 5.62. The van der Waals surface area contributed by atoms with Gasteiger partial charge in [-0.2, -0.15) is 0 Å². The number of guanidine groups is 1. The molecule has 0 bridgehead atoms. The van der Waals surface area contributed by atoms with Crippen LogP contribution in [0.2, 0.25) is 0 Å². The fourth-order valence-corrected chi connectivity index (χ4v) is 3.87. The van der Waals surface area contributed by atoms with Crippen molar-refractivity contribution in [2.24, 2.45) is 16.3 Å². The highest BCUT2D eigenvalue weighted by atomic mass is 127. The van der Waals surface area contributed by atoms with Gasteiger partial charge in [0.05, 0.1) is 6.61 Å². The first-order chi connectivity index (χ1) is 10.1. The van der Waals surface area contributed by atoms with E-state index in [1.807, 2.05) is 7.05 Å². The zero-order valence-electron chi connectivity index (χ0n) is 14.2. The van der Waals surface area contributed by atoms with Crippen LogP contribution in [0.1, 0.15) is 25.7 Å². The first-order valence-corrected chi connectivity index (χ1v) is 8.33. The first kappa shape index (κ1) is 18.3. The summed E-state index contributed by atoms with van der Waals surface area (Å²) in [6, 6.07) is 0.633. The molecule has 3 aliphatic rings. The summed E-state index contributed by atoms with van der Waals surface area (Å²) >= 11 is 0. The van der Waals surface area contributed by atoms with Crippen molar-refractivity contribution in [1.82, 2.24) is 15.1 Å². The van der Waals surface area contributed by atoms with E-state index in [0.717, 1.165) is 44.7 Å². The fourth-order valence-electron chi connectivity index (χ4n) is 3.87. The van der Waals surface area contributed by atoms with Gasteiger partial charge in [-0.05, 0) is 45.7 Å². The fraction of sp³-hybridized carbons (Fsp3) is 0.938. The van der Waals surface area contributed by atoms with Crippen molar-refractivity contribution in [2.45, 2.75) is 31.7 Å². The second-order valence-corrected chi connectivity index (χ2v) is 7.27. The molecule has 0 amide bonds. The molecule has 0 aromatic heterocycles. The van der Waals surface area contributed by atoms with Crippen molar-refractivity contribution in [1.29, 1.82) is 0 Å². The molecular formula is C16H31IN4O. The molecule has 1 N–H and O–H groups in total. The van der Waals surface area contributed by atoms with Crippen molar-refractivity contribution >= 4 is 29.9 Å². The van der Waals surface area contributed by atoms with Gasteiger partial charge in [0.1, 0.15) is 0 Å². The smallest absolute Gasteiger partial charge is 0.193 e. The summed E-state index contributed by atoms with van der Waals surface area (Å²) in [6.07, 6.45) is 5.22. The highest BCUT2D eigenvalue weighted by molar-refractivity contribution is 14.0. The van der Waals surface area contributed by atoms with Gasteiger partial charge in [-0.15, -0.1) is 24.0 Å². The van der Waals surface area contributed by atoms with Crippen LogP contribution in [-0.2, 0) is 4.74 Å². The molecular weight excluding hydrogens is 391 g/mol. The van der Waals surface area contributed by atoms with Gasteiger partial charge in [-0.1, -0.05) is 0 Å². The molecule has 1 saturated carbocycles. The van der Waals surface area contributed by atoms with E-state index >= 15 is 0 Å². The van der Waals surface area contributed by atoms with E-state index in [9.17, 15) is 0 Å². The molecule has 2 saturated heterocycles. The van der Waals surface area contributed by atoms with Crippen LogP contribution in [0.5, 0.6) is 0 Å². The van der Waals surface area contributed by atoms with E-state index in [-0.39, 0.29) is 24.0 Å². The average molecular weight is 422 g/mol. The van der Waals surface area contributed by atoms with E-state index in [1.165, 1.54) is 25.7 Å². The predicted molar refractivity (Wildman–Crippen MR) is 101 cm³/mol. The normalized spacial score (nSPS) is 30.0. The second-order valence-electron chi connectivity index (χ2n) is 7.27. The third kappa shape index (κ3) is 4.06. The van der Waals surface area contributed by atoms with Crippen LogP contribution < -0.4 is 5.32 Å². The minimum Gasteiger partial charge on any atom is -0.381 e. The van der Waals surface area contributed by atoms with Gasteiger partial charge < -0.3 is 19.9 Å². The van der Waals surface area contributed by atoms with Gasteiger partial charge in [-0.3, -0.25) is 4.99 Å². The molecule has 1 spiro atoms. The van der Waals surface area contributed by atoms with E-state index in [2.05, 4.69) is 34.2 Å². The van der Waals surface area contributed by atoms with Gasteiger partial charge >= 0.3 is 0 Å². The van der Waals surface area contributed by atoms with E-state index in [0.29, 0.717) is 11.5 Å². The molecule has 1 aliphatic carbocycles. The lowest BCUT2D eigenvalue weighted by atomic mass is 9.87. The van der Waals surface area contributed by atoms with Gasteiger partial charge in [0.2, 0.25) is 0 Å². The van der Waals surface area contributed by atoms with E-state index in [1.54, 1.807) is 0 Å². The number of hydrogen-bond donors (Lipinski definition) is 1. The number of ether oxygens (including phenoxy) is 1. The molecule has 3 rings (SSSR count). The van der Waals surface area contributed by atoms with Gasteiger partial charge in [0.25, 0.3) is 0 Å². The standard InChI is InChI=1S/C16H30N4O.HI/c1-17-15(18-10-14(19(2)3)13-4-5-13)20-8-6-16(11-20)7-9-21-12-16;/h13-14H,4-12H2,1-3H3,(H,17,18);1H. The lowest BCUT2D eigenvalue weighted by Gasteiger charge is -2.29. The lowest BCUT2D eigenvalue weighted by molar-refractivity contribution is 0.156. The molecule has 3 fully saturated rings. The largest absolute Gasteiger partial charge is 0.381 e. The molecule has 2 atom stereocenters. The van der Waals surface area contributed by atoms with Crippen LogP contribution in [-0.4, -0.2) is 75.8 Å². The molecule has 0 radical (unpaired) electrons. The minimum atomic E-state index is 0. The van der Waals surface area contributed by atoms with Crippen molar-refractivity contribution < 1.29 is 4.74 Å². The number of rotatable bonds is 4. The Bertz CT molecular complexity index is 390. The molecule has 6 heteroatoms. The van der Waals surface area contributed by atoms with Crippen molar-refractivity contribution in [3.8, 4) is 0 Å². The maximum absolute atomic E-state index is 5.62. The Balaban J connectivity index is 0.00000176. The summed E-state index contributed by atoms with van der Waals surface area (Å²) in [5.74, 6) is 1.95. The van der Waals surface area contributed by atoms with Crippen LogP contribution in [0.3, 0.4) is 0 Å². The number of halogens is 1. The molecule has 2 heterocycles. The molecule has 22 heavy (non-hydrogen) atoms. The Morgan fingerprint density at radius 1 is 1.41 bits per heavy atom. The summed E-state index contributed by atoms with van der Waals surface area (Å²) in [5, 5.41) is 3.61. The summed E-state index contributed by atoms with van der Waals surface area (Å²) in [5.41, 5.74) is 0.398. The van der Waals surface area contributed by atoms with Crippen LogP contribution in [0.25, 0.3) is 0 Å². The van der Waals surface area contributed by atoms with Crippen molar-refractivity contribution in [2.75, 3.05) is 54.0 Å². The van der Waals surface area contributed by atoms with E-state index < -0.39 is 0 Å². The van der Waals surface area contributed by atoms with E-state index in [4.69, 9.17) is 4.74 Å². The molecule has 2 unspecified atom stereocenters. The molecule has 2 aliphatic heterocycles. The highest BCUT2D eigenvalue weighted by Gasteiger charge is 2.42. The zero-order chi connectivity index (χ0) is 14.9. The van der Waals surface area contributed by atoms with Gasteiger partial charge in [0, 0.05) is 44.7 Å². The van der Waals surface area contributed by atoms with Crippen LogP contribution in [0, 0.1) is 11.3 Å². The van der Waals surface area contributed by atoms with Crippen LogP contribution >= 0.6 is 24.0 Å². The zero-order valence-corrected chi connectivity index (χ0v) is 16.5. The van der Waals surface area contributed by atoms with Gasteiger partial charge in [-0.25, -0.2) is 0 Å². The number of likely N-dealkylation sites (N-methyl/N-ethyl adjacent to an activating group) is 1. The maximum Gasteiger partial charge on any atom is 0.193 e. The molecule has 0 aromatic carbocycles. The van der Waals surface area contributed by atoms with Crippen molar-refractivity contribution in [3.63, 3.8) is 0 Å². The van der Waals surface area contributed by atoms with Crippen LogP contribution in [0.4, 0.5) is 0 Å². The molecule has 128 valence electrons. The summed E-state index contributed by atoms with van der Waals surface area (Å²) in [7, 11) is 6.28. The summed E-state index contributed by atoms with van der Waals surface area (Å²) in [4.78, 5) is 9.29. The van der Waals surface area contributed by atoms with Crippen LogP contribution in [0.15, 0.2) is 4.99 Å². The number of aliphatic imine (C=N–C) groups is 1. The summed E-state index contributed by atoms with van der Waals surface area (Å²) in [6.45, 7) is 5.08. The highest BCUT2D eigenvalue weighted by Crippen LogP contribution is 2.38. The minimum absolute atomic E-state index is 0. The Morgan fingerprint density at radius 2 is 2.18 bits per heavy atom. The molecule has 5 nitrogen and oxygen atoms in total.